The molecule has 0 aliphatic heterocycles. The molecule has 1 aromatic heterocycles. The van der Waals surface area contributed by atoms with E-state index in [1.165, 1.54) is 12.3 Å². The second-order valence-corrected chi connectivity index (χ2v) is 4.39. The van der Waals surface area contributed by atoms with Crippen LogP contribution >= 0.6 is 0 Å². The van der Waals surface area contributed by atoms with Gasteiger partial charge >= 0.3 is 0 Å². The molecule has 1 heterocycles. The quantitative estimate of drug-likeness (QED) is 0.781. The Balaban J connectivity index is 3.08. The molecular formula is C8H12N2O2S. The van der Waals surface area contributed by atoms with E-state index in [4.69, 9.17) is 0 Å². The smallest absolute Gasteiger partial charge is 0.243 e. The Kier molecular flexibility index (Phi) is 3.00. The predicted octanol–water partition coefficient (Wildman–Crippen LogP) is 0.688. The minimum absolute atomic E-state index is 0.0781. The van der Waals surface area contributed by atoms with Crippen LogP contribution in [0.15, 0.2) is 23.4 Å². The van der Waals surface area contributed by atoms with Gasteiger partial charge in [-0.05, 0) is 24.6 Å². The van der Waals surface area contributed by atoms with Crippen molar-refractivity contribution in [2.45, 2.75) is 18.9 Å². The maximum Gasteiger partial charge on any atom is 0.258 e. The monoisotopic (exact) mass is 200 g/mol. The van der Waals surface area contributed by atoms with Crippen molar-refractivity contribution in [1.82, 2.24) is 9.71 Å². The van der Waals surface area contributed by atoms with Crippen LogP contribution in [0.3, 0.4) is 0 Å². The van der Waals surface area contributed by atoms with Crippen molar-refractivity contribution >= 4 is 10.0 Å². The minimum atomic E-state index is -3.39. The first-order chi connectivity index (χ1) is 6.06. The van der Waals surface area contributed by atoms with E-state index >= 15 is 0 Å². The summed E-state index contributed by atoms with van der Waals surface area (Å²) in [5.74, 6) is 0. The van der Waals surface area contributed by atoms with Gasteiger partial charge in [0.05, 0.1) is 0 Å². The van der Waals surface area contributed by atoms with Crippen molar-refractivity contribution in [1.29, 1.82) is 0 Å². The normalized spacial score (nSPS) is 11.5. The summed E-state index contributed by atoms with van der Waals surface area (Å²) in [5.41, 5.74) is 0.881. The van der Waals surface area contributed by atoms with Crippen LogP contribution in [0.5, 0.6) is 0 Å². The molecule has 0 fully saturated rings. The van der Waals surface area contributed by atoms with E-state index in [2.05, 4.69) is 9.71 Å². The molecule has 72 valence electrons. The summed E-state index contributed by atoms with van der Waals surface area (Å²) in [6.45, 7) is 3.93. The van der Waals surface area contributed by atoms with Crippen LogP contribution in [0.2, 0.25) is 0 Å². The molecule has 4 nitrogen and oxygen atoms in total. The zero-order valence-electron chi connectivity index (χ0n) is 7.61. The van der Waals surface area contributed by atoms with E-state index < -0.39 is 10.0 Å². The highest BCUT2D eigenvalue weighted by Crippen LogP contribution is 2.06. The van der Waals surface area contributed by atoms with E-state index in [9.17, 15) is 8.42 Å². The molecule has 1 aromatic rings. The number of pyridine rings is 1. The molecule has 0 radical (unpaired) electrons. The molecule has 0 aromatic carbocycles. The molecule has 0 aliphatic rings. The summed E-state index contributed by atoms with van der Waals surface area (Å²) in [6.07, 6.45) is 1.49. The fourth-order valence-electron chi connectivity index (χ4n) is 0.919. The molecule has 0 unspecified atom stereocenters. The zero-order valence-corrected chi connectivity index (χ0v) is 8.43. The summed E-state index contributed by atoms with van der Waals surface area (Å²) in [6, 6.07) is 3.29. The molecule has 0 spiro atoms. The van der Waals surface area contributed by atoms with E-state index in [1.807, 2.05) is 6.92 Å². The maximum atomic E-state index is 11.4. The van der Waals surface area contributed by atoms with Gasteiger partial charge in [0.15, 0.2) is 5.03 Å². The summed E-state index contributed by atoms with van der Waals surface area (Å²) >= 11 is 0. The van der Waals surface area contributed by atoms with Crippen LogP contribution in [0, 0.1) is 6.92 Å². The molecule has 1 N–H and O–H groups in total. The highest BCUT2D eigenvalue weighted by Gasteiger charge is 2.13. The Morgan fingerprint density at radius 3 is 2.77 bits per heavy atom. The van der Waals surface area contributed by atoms with Crippen molar-refractivity contribution in [3.63, 3.8) is 0 Å². The Morgan fingerprint density at radius 2 is 2.23 bits per heavy atom. The summed E-state index contributed by atoms with van der Waals surface area (Å²) < 4.78 is 25.2. The van der Waals surface area contributed by atoms with Crippen molar-refractivity contribution in [3.05, 3.63) is 23.9 Å². The van der Waals surface area contributed by atoms with Crippen molar-refractivity contribution in [2.75, 3.05) is 6.54 Å². The summed E-state index contributed by atoms with van der Waals surface area (Å²) in [7, 11) is -3.39. The largest absolute Gasteiger partial charge is 0.258 e. The third kappa shape index (κ3) is 2.50. The van der Waals surface area contributed by atoms with Crippen molar-refractivity contribution in [3.8, 4) is 0 Å². The van der Waals surface area contributed by atoms with Gasteiger partial charge in [-0.15, -0.1) is 0 Å². The lowest BCUT2D eigenvalue weighted by Gasteiger charge is -2.03. The minimum Gasteiger partial charge on any atom is -0.243 e. The Bertz CT molecular complexity index is 387. The number of aromatic nitrogens is 1. The average molecular weight is 200 g/mol. The molecule has 0 bridgehead atoms. The Hall–Kier alpha value is -0.940. The molecule has 13 heavy (non-hydrogen) atoms. The van der Waals surface area contributed by atoms with E-state index in [1.54, 1.807) is 13.0 Å². The predicted molar refractivity (Wildman–Crippen MR) is 49.8 cm³/mol. The molecule has 0 atom stereocenters. The Labute approximate surface area is 78.1 Å². The van der Waals surface area contributed by atoms with Gasteiger partial charge in [-0.25, -0.2) is 18.1 Å². The molecular weight excluding hydrogens is 188 g/mol. The first-order valence-electron chi connectivity index (χ1n) is 3.98. The van der Waals surface area contributed by atoms with Crippen LogP contribution in [-0.2, 0) is 10.0 Å². The average Bonchev–Trinajstić information content (AvgIpc) is 2.04. The maximum absolute atomic E-state index is 11.4. The van der Waals surface area contributed by atoms with E-state index in [0.29, 0.717) is 6.54 Å². The molecule has 0 saturated carbocycles. The van der Waals surface area contributed by atoms with Gasteiger partial charge in [0.1, 0.15) is 0 Å². The van der Waals surface area contributed by atoms with Crippen molar-refractivity contribution in [2.24, 2.45) is 0 Å². The number of nitrogens with zero attached hydrogens (tertiary/aromatic N) is 1. The van der Waals surface area contributed by atoms with E-state index in [-0.39, 0.29) is 5.03 Å². The van der Waals surface area contributed by atoms with Gasteiger partial charge in [-0.1, -0.05) is 6.92 Å². The first-order valence-corrected chi connectivity index (χ1v) is 5.47. The number of nitrogens with one attached hydrogen (secondary N) is 1. The van der Waals surface area contributed by atoms with Gasteiger partial charge in [-0.2, -0.15) is 0 Å². The fraction of sp³-hybridized carbons (Fsp3) is 0.375. The zero-order chi connectivity index (χ0) is 9.90. The second-order valence-electron chi connectivity index (χ2n) is 2.67. The molecule has 1 rings (SSSR count). The number of hydrogen-bond donors (Lipinski definition) is 1. The lowest BCUT2D eigenvalue weighted by molar-refractivity contribution is 0.580. The first kappa shape index (κ1) is 10.1. The molecule has 5 heteroatoms. The van der Waals surface area contributed by atoms with Crippen LogP contribution in [-0.4, -0.2) is 19.9 Å². The van der Waals surface area contributed by atoms with Crippen molar-refractivity contribution < 1.29 is 8.42 Å². The topological polar surface area (TPSA) is 59.1 Å². The van der Waals surface area contributed by atoms with Crippen LogP contribution in [0.25, 0.3) is 0 Å². The highest BCUT2D eigenvalue weighted by atomic mass is 32.2. The third-order valence-electron chi connectivity index (χ3n) is 1.50. The van der Waals surface area contributed by atoms with Gasteiger partial charge in [0.25, 0.3) is 10.0 Å². The highest BCUT2D eigenvalue weighted by molar-refractivity contribution is 7.89. The fourth-order valence-corrected chi connectivity index (χ4v) is 1.99. The number of aryl methyl sites for hydroxylation is 1. The van der Waals surface area contributed by atoms with E-state index in [0.717, 1.165) is 5.56 Å². The number of hydrogen-bond acceptors (Lipinski definition) is 3. The summed E-state index contributed by atoms with van der Waals surface area (Å²) in [4.78, 5) is 3.78. The SMILES string of the molecule is CCNS(=O)(=O)c1cc(C)ccn1. The lowest BCUT2D eigenvalue weighted by atomic mass is 10.3. The van der Waals surface area contributed by atoms with Gasteiger partial charge < -0.3 is 0 Å². The molecule has 0 saturated heterocycles. The van der Waals surface area contributed by atoms with Gasteiger partial charge in [0, 0.05) is 12.7 Å². The number of rotatable bonds is 3. The molecule has 0 amide bonds. The Morgan fingerprint density at radius 1 is 1.54 bits per heavy atom. The third-order valence-corrected chi connectivity index (χ3v) is 2.94. The van der Waals surface area contributed by atoms with Gasteiger partial charge in [0.2, 0.25) is 0 Å². The van der Waals surface area contributed by atoms with Crippen LogP contribution in [0.4, 0.5) is 0 Å². The van der Waals surface area contributed by atoms with Gasteiger partial charge in [-0.3, -0.25) is 0 Å². The second kappa shape index (κ2) is 3.85. The lowest BCUT2D eigenvalue weighted by Crippen LogP contribution is -2.24. The number of sulfonamides is 1. The summed E-state index contributed by atoms with van der Waals surface area (Å²) in [5, 5.41) is 0.0781. The van der Waals surface area contributed by atoms with Crippen LogP contribution in [0.1, 0.15) is 12.5 Å². The standard InChI is InChI=1S/C8H12N2O2S/c1-3-10-13(11,12)8-6-7(2)4-5-9-8/h4-6,10H,3H2,1-2H3. The van der Waals surface area contributed by atoms with Crippen LogP contribution < -0.4 is 4.72 Å². The molecule has 0 aliphatic carbocycles.